The van der Waals surface area contributed by atoms with Crippen LogP contribution in [0.25, 0.3) is 16.9 Å². The maximum absolute atomic E-state index is 13.3. The van der Waals surface area contributed by atoms with Crippen molar-refractivity contribution in [3.8, 4) is 16.9 Å². The zero-order valence-corrected chi connectivity index (χ0v) is 19.2. The molecule has 3 aliphatic rings. The number of hydrogen-bond donors (Lipinski definition) is 1. The molecule has 4 nitrogen and oxygen atoms in total. The maximum Gasteiger partial charge on any atom is 0.402 e. The highest BCUT2D eigenvalue weighted by Gasteiger charge is 2.56. The van der Waals surface area contributed by atoms with E-state index in [1.54, 1.807) is 18.5 Å². The Bertz CT molecular complexity index is 1210. The lowest BCUT2D eigenvalue weighted by atomic mass is 9.79. The predicted octanol–water partition coefficient (Wildman–Crippen LogP) is 5.57. The molecule has 178 valence electrons. The van der Waals surface area contributed by atoms with Gasteiger partial charge in [-0.05, 0) is 79.0 Å². The second kappa shape index (κ2) is 8.10. The summed E-state index contributed by atoms with van der Waals surface area (Å²) in [6, 6.07) is 12.7. The summed E-state index contributed by atoms with van der Waals surface area (Å²) < 4.78 is 59.0. The molecule has 1 saturated carbocycles. The van der Waals surface area contributed by atoms with Gasteiger partial charge in [0.05, 0.1) is 12.0 Å². The zero-order valence-electron chi connectivity index (χ0n) is 18.4. The van der Waals surface area contributed by atoms with E-state index in [2.05, 4.69) is 27.9 Å². The molecule has 2 aliphatic carbocycles. The van der Waals surface area contributed by atoms with Crippen LogP contribution >= 0.6 is 12.1 Å². The Labute approximate surface area is 199 Å². The number of nitrogens with one attached hydrogen (secondary N) is 1. The van der Waals surface area contributed by atoms with E-state index in [1.807, 2.05) is 10.8 Å². The number of halogens is 4. The van der Waals surface area contributed by atoms with Crippen molar-refractivity contribution >= 4 is 12.1 Å². The fourth-order valence-corrected chi connectivity index (χ4v) is 7.16. The molecule has 9 heteroatoms. The quantitative estimate of drug-likeness (QED) is 0.386. The van der Waals surface area contributed by atoms with Crippen LogP contribution in [0.1, 0.15) is 24.0 Å². The van der Waals surface area contributed by atoms with E-state index in [0.29, 0.717) is 18.4 Å². The Morgan fingerprint density at radius 3 is 2.50 bits per heavy atom. The zero-order chi connectivity index (χ0) is 23.5. The topological polar surface area (TPSA) is 33.1 Å². The lowest BCUT2D eigenvalue weighted by Crippen LogP contribution is -2.51. The summed E-state index contributed by atoms with van der Waals surface area (Å²) in [5.74, 6) is 0.350. The number of aromatic nitrogens is 2. The number of fused-ring (bicyclic) bond motifs is 1. The lowest BCUT2D eigenvalue weighted by Gasteiger charge is -2.34. The second-order valence-electron chi connectivity index (χ2n) is 9.65. The van der Waals surface area contributed by atoms with Crippen molar-refractivity contribution in [3.63, 3.8) is 0 Å². The van der Waals surface area contributed by atoms with Crippen molar-refractivity contribution in [1.29, 1.82) is 0 Å². The molecule has 1 saturated heterocycles. The van der Waals surface area contributed by atoms with Crippen molar-refractivity contribution in [2.45, 2.75) is 37.4 Å². The van der Waals surface area contributed by atoms with Gasteiger partial charge in [-0.25, -0.2) is 18.4 Å². The lowest BCUT2D eigenvalue weighted by molar-refractivity contribution is -0.135. The Morgan fingerprint density at radius 2 is 1.76 bits per heavy atom. The summed E-state index contributed by atoms with van der Waals surface area (Å²) in [5.41, 5.74) is 4.96. The van der Waals surface area contributed by atoms with Gasteiger partial charge in [-0.2, -0.15) is 13.2 Å². The fourth-order valence-electron chi connectivity index (χ4n) is 5.97. The van der Waals surface area contributed by atoms with Gasteiger partial charge in [-0.1, -0.05) is 12.1 Å². The monoisotopic (exact) mass is 488 g/mol. The predicted molar refractivity (Wildman–Crippen MR) is 124 cm³/mol. The first kappa shape index (κ1) is 22.1. The molecule has 3 aromatic rings. The molecular formula is C25H24F4N4S. The number of nitrogens with zero attached hydrogens (tertiary/aromatic N) is 3. The first-order valence-corrected chi connectivity index (χ1v) is 12.2. The molecule has 2 fully saturated rings. The summed E-state index contributed by atoms with van der Waals surface area (Å²) in [6.45, 7) is -0.463. The van der Waals surface area contributed by atoms with Crippen LogP contribution < -0.4 is 4.72 Å². The first-order valence-electron chi connectivity index (χ1n) is 11.5. The van der Waals surface area contributed by atoms with Crippen molar-refractivity contribution in [2.24, 2.45) is 11.8 Å². The van der Waals surface area contributed by atoms with E-state index in [4.69, 9.17) is 0 Å². The van der Waals surface area contributed by atoms with Crippen LogP contribution in [0.3, 0.4) is 0 Å². The number of benzene rings is 2. The van der Waals surface area contributed by atoms with Crippen molar-refractivity contribution in [2.75, 3.05) is 13.1 Å². The number of hydrogen-bond acceptors (Lipinski definition) is 4. The van der Waals surface area contributed by atoms with Crippen molar-refractivity contribution in [3.05, 3.63) is 71.9 Å². The maximum atomic E-state index is 13.3. The number of imidazole rings is 1. The van der Waals surface area contributed by atoms with Crippen LogP contribution in [0, 0.1) is 17.7 Å². The van der Waals surface area contributed by atoms with E-state index >= 15 is 0 Å². The average molecular weight is 489 g/mol. The van der Waals surface area contributed by atoms with Crippen LogP contribution in [0.15, 0.2) is 55.0 Å². The molecule has 34 heavy (non-hydrogen) atoms. The van der Waals surface area contributed by atoms with Gasteiger partial charge in [0.15, 0.2) is 0 Å². The molecule has 2 aromatic carbocycles. The van der Waals surface area contributed by atoms with E-state index in [0.717, 1.165) is 54.8 Å². The number of alkyl halides is 3. The standard InChI is InChI=1S/C25H24F4N4S/c26-21-5-7-22(8-6-21)32-12-23(30-15-32)17-2-1-16-10-19-3-4-20(11-18(16)9-17)24(19)13-33(34-31-24)14-25(27,28)29/h1-2,5-9,12,15,19-20,31H,3-4,10-11,13-14H2/t19-,20+,24+/m0/s1. The third-order valence-electron chi connectivity index (χ3n) is 7.62. The molecule has 1 N–H and O–H groups in total. The second-order valence-corrected chi connectivity index (χ2v) is 10.6. The fraction of sp³-hybridized carbons (Fsp3) is 0.400. The molecule has 1 aliphatic heterocycles. The van der Waals surface area contributed by atoms with Gasteiger partial charge in [-0.15, -0.1) is 0 Å². The third-order valence-corrected chi connectivity index (χ3v) is 8.61. The number of rotatable bonds is 3. The molecule has 1 aromatic heterocycles. The van der Waals surface area contributed by atoms with Gasteiger partial charge in [-0.3, -0.25) is 0 Å². The van der Waals surface area contributed by atoms with E-state index < -0.39 is 12.7 Å². The SMILES string of the molecule is Fc1ccc(-n2cnc(-c3ccc4c(c3)C[C@H]3CC[C@@H](C4)[C@]34CN(CC(F)(F)F)SN4)c2)cc1. The molecule has 2 heterocycles. The van der Waals surface area contributed by atoms with Gasteiger partial charge >= 0.3 is 6.18 Å². The van der Waals surface area contributed by atoms with Gasteiger partial charge < -0.3 is 4.57 Å². The van der Waals surface area contributed by atoms with Crippen LogP contribution in [0.4, 0.5) is 17.6 Å². The molecule has 0 unspecified atom stereocenters. The molecule has 3 atom stereocenters. The molecule has 1 spiro atoms. The van der Waals surface area contributed by atoms with E-state index in [-0.39, 0.29) is 11.4 Å². The van der Waals surface area contributed by atoms with Crippen LogP contribution in [0.2, 0.25) is 0 Å². The first-order chi connectivity index (χ1) is 16.3. The summed E-state index contributed by atoms with van der Waals surface area (Å²) in [5, 5.41) is 0. The Morgan fingerprint density at radius 1 is 1.03 bits per heavy atom. The smallest absolute Gasteiger partial charge is 0.306 e. The van der Waals surface area contributed by atoms with Gasteiger partial charge in [0.2, 0.25) is 0 Å². The Hall–Kier alpha value is -2.36. The molecule has 6 rings (SSSR count). The highest BCUT2D eigenvalue weighted by atomic mass is 32.2. The van der Waals surface area contributed by atoms with E-state index in [9.17, 15) is 17.6 Å². The Balaban J connectivity index is 1.25. The van der Waals surface area contributed by atoms with Crippen molar-refractivity contribution < 1.29 is 17.6 Å². The van der Waals surface area contributed by atoms with Gasteiger partial charge in [0.25, 0.3) is 0 Å². The minimum Gasteiger partial charge on any atom is -0.306 e. The average Bonchev–Trinajstić information content (AvgIpc) is 3.47. The largest absolute Gasteiger partial charge is 0.402 e. The van der Waals surface area contributed by atoms with Crippen molar-refractivity contribution in [1.82, 2.24) is 18.6 Å². The highest BCUT2D eigenvalue weighted by molar-refractivity contribution is 7.95. The third kappa shape index (κ3) is 3.93. The summed E-state index contributed by atoms with van der Waals surface area (Å²) in [7, 11) is 0. The molecule has 2 bridgehead atoms. The van der Waals surface area contributed by atoms with Crippen LogP contribution in [-0.4, -0.2) is 38.7 Å². The van der Waals surface area contributed by atoms with Crippen LogP contribution in [0.5, 0.6) is 0 Å². The minimum atomic E-state index is -4.20. The summed E-state index contributed by atoms with van der Waals surface area (Å²) in [4.78, 5) is 4.56. The summed E-state index contributed by atoms with van der Waals surface area (Å²) >= 11 is 1.14. The Kier molecular flexibility index (Phi) is 5.27. The van der Waals surface area contributed by atoms with Gasteiger partial charge in [0, 0.05) is 41.7 Å². The molecule has 0 amide bonds. The summed E-state index contributed by atoms with van der Waals surface area (Å²) in [6.07, 6.45) is 3.26. The van der Waals surface area contributed by atoms with Gasteiger partial charge in [0.1, 0.15) is 12.4 Å². The highest BCUT2D eigenvalue weighted by Crippen LogP contribution is 2.51. The molecule has 0 radical (unpaired) electrons. The minimum absolute atomic E-state index is 0.279. The molecular weight excluding hydrogens is 464 g/mol. The normalized spacial score (nSPS) is 26.7. The van der Waals surface area contributed by atoms with Crippen LogP contribution in [-0.2, 0) is 12.8 Å². The van der Waals surface area contributed by atoms with E-state index in [1.165, 1.54) is 27.6 Å².